The van der Waals surface area contributed by atoms with Crippen LogP contribution in [-0.4, -0.2) is 4.98 Å². The second-order valence-corrected chi connectivity index (χ2v) is 5.04. The zero-order valence-corrected chi connectivity index (χ0v) is 11.9. The average Bonchev–Trinajstić information content (AvgIpc) is 2.35. The Morgan fingerprint density at radius 3 is 2.37 bits per heavy atom. The SMILES string of the molecule is N#CCc1ccc(-c2cc(Cl)c(Cl)cc2Cl)c(N)n1. The summed E-state index contributed by atoms with van der Waals surface area (Å²) in [4.78, 5) is 4.15. The number of nitrogen functional groups attached to an aromatic ring is 1. The van der Waals surface area contributed by atoms with Crippen LogP contribution in [-0.2, 0) is 6.42 Å². The Balaban J connectivity index is 2.54. The van der Waals surface area contributed by atoms with Gasteiger partial charge in [0.25, 0.3) is 0 Å². The molecule has 0 fully saturated rings. The predicted octanol–water partition coefficient (Wildman–Crippen LogP) is 4.36. The van der Waals surface area contributed by atoms with Crippen LogP contribution >= 0.6 is 34.8 Å². The molecule has 0 spiro atoms. The van der Waals surface area contributed by atoms with Gasteiger partial charge in [-0.05, 0) is 24.3 Å². The van der Waals surface area contributed by atoms with E-state index < -0.39 is 0 Å². The number of nitriles is 1. The van der Waals surface area contributed by atoms with E-state index in [2.05, 4.69) is 4.98 Å². The van der Waals surface area contributed by atoms with Gasteiger partial charge >= 0.3 is 0 Å². The van der Waals surface area contributed by atoms with Crippen molar-refractivity contribution in [3.63, 3.8) is 0 Å². The van der Waals surface area contributed by atoms with Crippen LogP contribution in [0.2, 0.25) is 15.1 Å². The second-order valence-electron chi connectivity index (χ2n) is 3.82. The van der Waals surface area contributed by atoms with Crippen LogP contribution in [0.3, 0.4) is 0 Å². The standard InChI is InChI=1S/C13H8Cl3N3/c14-10-6-12(16)11(15)5-9(10)8-2-1-7(3-4-17)19-13(8)18/h1-2,5-6H,3H2,(H2,18,19). The van der Waals surface area contributed by atoms with Crippen LogP contribution in [0, 0.1) is 11.3 Å². The highest BCUT2D eigenvalue weighted by Gasteiger charge is 2.12. The van der Waals surface area contributed by atoms with Crippen LogP contribution in [0.4, 0.5) is 5.82 Å². The van der Waals surface area contributed by atoms with Crippen molar-refractivity contribution in [2.24, 2.45) is 0 Å². The van der Waals surface area contributed by atoms with Crippen molar-refractivity contribution < 1.29 is 0 Å². The summed E-state index contributed by atoms with van der Waals surface area (Å²) >= 11 is 18.0. The number of rotatable bonds is 2. The van der Waals surface area contributed by atoms with E-state index in [1.807, 2.05) is 6.07 Å². The Bertz CT molecular complexity index is 678. The quantitative estimate of drug-likeness (QED) is 0.838. The van der Waals surface area contributed by atoms with Crippen molar-refractivity contribution in [3.8, 4) is 17.2 Å². The molecular weight excluding hydrogens is 305 g/mol. The molecule has 0 unspecified atom stereocenters. The highest BCUT2D eigenvalue weighted by molar-refractivity contribution is 6.44. The molecule has 19 heavy (non-hydrogen) atoms. The van der Waals surface area contributed by atoms with E-state index in [4.69, 9.17) is 45.8 Å². The zero-order chi connectivity index (χ0) is 14.0. The summed E-state index contributed by atoms with van der Waals surface area (Å²) in [7, 11) is 0. The minimum Gasteiger partial charge on any atom is -0.383 e. The maximum absolute atomic E-state index is 8.62. The van der Waals surface area contributed by atoms with E-state index in [0.717, 1.165) is 0 Å². The molecule has 0 aliphatic carbocycles. The van der Waals surface area contributed by atoms with Crippen molar-refractivity contribution >= 4 is 40.6 Å². The summed E-state index contributed by atoms with van der Waals surface area (Å²) in [6, 6.07) is 8.71. The van der Waals surface area contributed by atoms with E-state index in [9.17, 15) is 0 Å². The van der Waals surface area contributed by atoms with Gasteiger partial charge in [-0.1, -0.05) is 34.8 Å². The monoisotopic (exact) mass is 311 g/mol. The minimum atomic E-state index is 0.208. The van der Waals surface area contributed by atoms with Crippen LogP contribution in [0.1, 0.15) is 5.69 Å². The van der Waals surface area contributed by atoms with Gasteiger partial charge in [0, 0.05) is 11.1 Å². The van der Waals surface area contributed by atoms with E-state index in [0.29, 0.717) is 37.7 Å². The summed E-state index contributed by atoms with van der Waals surface area (Å²) in [5.41, 5.74) is 7.81. The number of anilines is 1. The molecule has 3 nitrogen and oxygen atoms in total. The van der Waals surface area contributed by atoms with Crippen LogP contribution in [0.15, 0.2) is 24.3 Å². The maximum Gasteiger partial charge on any atom is 0.131 e. The summed E-state index contributed by atoms with van der Waals surface area (Å²) < 4.78 is 0. The Hall–Kier alpha value is -1.47. The average molecular weight is 313 g/mol. The first-order valence-electron chi connectivity index (χ1n) is 5.30. The van der Waals surface area contributed by atoms with Gasteiger partial charge in [-0.15, -0.1) is 0 Å². The molecule has 0 bridgehead atoms. The Labute approximate surface area is 125 Å². The Morgan fingerprint density at radius 2 is 1.74 bits per heavy atom. The number of halogens is 3. The predicted molar refractivity (Wildman–Crippen MR) is 78.4 cm³/mol. The fourth-order valence-electron chi connectivity index (χ4n) is 1.65. The van der Waals surface area contributed by atoms with Gasteiger partial charge in [0.05, 0.1) is 33.3 Å². The van der Waals surface area contributed by atoms with Crippen molar-refractivity contribution in [3.05, 3.63) is 45.0 Å². The lowest BCUT2D eigenvalue weighted by Crippen LogP contribution is -1.98. The Kier molecular flexibility index (Phi) is 4.16. The van der Waals surface area contributed by atoms with Crippen molar-refractivity contribution in [2.75, 3.05) is 5.73 Å². The molecule has 0 atom stereocenters. The third-order valence-corrected chi connectivity index (χ3v) is 3.58. The molecule has 0 saturated heterocycles. The van der Waals surface area contributed by atoms with Gasteiger partial charge in [0.15, 0.2) is 0 Å². The van der Waals surface area contributed by atoms with Crippen molar-refractivity contribution in [1.29, 1.82) is 5.26 Å². The molecule has 6 heteroatoms. The van der Waals surface area contributed by atoms with E-state index in [1.54, 1.807) is 24.3 Å². The molecule has 2 aromatic rings. The third-order valence-electron chi connectivity index (χ3n) is 2.54. The molecule has 96 valence electrons. The fourth-order valence-corrected chi connectivity index (χ4v) is 2.30. The largest absolute Gasteiger partial charge is 0.383 e. The normalized spacial score (nSPS) is 10.2. The number of pyridine rings is 1. The first kappa shape index (κ1) is 14.0. The number of nitrogens with two attached hydrogens (primary N) is 1. The summed E-state index contributed by atoms with van der Waals surface area (Å²) in [6.45, 7) is 0. The highest BCUT2D eigenvalue weighted by Crippen LogP contribution is 2.37. The molecule has 0 aliphatic heterocycles. The number of nitrogens with zero attached hydrogens (tertiary/aromatic N) is 2. The maximum atomic E-state index is 8.62. The van der Waals surface area contributed by atoms with Gasteiger partial charge < -0.3 is 5.73 Å². The summed E-state index contributed by atoms with van der Waals surface area (Å²) in [5, 5.41) is 9.83. The number of hydrogen-bond donors (Lipinski definition) is 1. The van der Waals surface area contributed by atoms with Crippen LogP contribution < -0.4 is 5.73 Å². The summed E-state index contributed by atoms with van der Waals surface area (Å²) in [5.74, 6) is 0.299. The van der Waals surface area contributed by atoms with Gasteiger partial charge in [-0.25, -0.2) is 4.98 Å². The molecule has 2 N–H and O–H groups in total. The number of aromatic nitrogens is 1. The molecule has 1 aromatic carbocycles. The Morgan fingerprint density at radius 1 is 1.05 bits per heavy atom. The summed E-state index contributed by atoms with van der Waals surface area (Å²) in [6.07, 6.45) is 0.208. The topological polar surface area (TPSA) is 62.7 Å². The van der Waals surface area contributed by atoms with Crippen LogP contribution in [0.5, 0.6) is 0 Å². The van der Waals surface area contributed by atoms with Gasteiger partial charge in [0.2, 0.25) is 0 Å². The molecular formula is C13H8Cl3N3. The van der Waals surface area contributed by atoms with Gasteiger partial charge in [0.1, 0.15) is 5.82 Å². The molecule has 2 rings (SSSR count). The molecule has 0 saturated carbocycles. The lowest BCUT2D eigenvalue weighted by atomic mass is 10.1. The lowest BCUT2D eigenvalue weighted by Gasteiger charge is -2.09. The molecule has 0 aliphatic rings. The van der Waals surface area contributed by atoms with Crippen molar-refractivity contribution in [1.82, 2.24) is 4.98 Å². The third kappa shape index (κ3) is 2.93. The van der Waals surface area contributed by atoms with Gasteiger partial charge in [-0.2, -0.15) is 5.26 Å². The van der Waals surface area contributed by atoms with Gasteiger partial charge in [-0.3, -0.25) is 0 Å². The minimum absolute atomic E-state index is 0.208. The van der Waals surface area contributed by atoms with Crippen LogP contribution in [0.25, 0.3) is 11.1 Å². The van der Waals surface area contributed by atoms with E-state index >= 15 is 0 Å². The first-order chi connectivity index (χ1) is 9.02. The van der Waals surface area contributed by atoms with Crippen molar-refractivity contribution in [2.45, 2.75) is 6.42 Å². The van der Waals surface area contributed by atoms with E-state index in [1.165, 1.54) is 0 Å². The zero-order valence-electron chi connectivity index (χ0n) is 9.62. The van der Waals surface area contributed by atoms with E-state index in [-0.39, 0.29) is 6.42 Å². The first-order valence-corrected chi connectivity index (χ1v) is 6.43. The molecule has 1 heterocycles. The fraction of sp³-hybridized carbons (Fsp3) is 0.0769. The molecule has 0 amide bonds. The molecule has 1 aromatic heterocycles. The number of hydrogen-bond acceptors (Lipinski definition) is 3. The number of benzene rings is 1. The highest BCUT2D eigenvalue weighted by atomic mass is 35.5. The smallest absolute Gasteiger partial charge is 0.131 e. The molecule has 0 radical (unpaired) electrons. The lowest BCUT2D eigenvalue weighted by molar-refractivity contribution is 1.12. The second kappa shape index (κ2) is 5.66.